The molecule has 78 valence electrons. The molecule has 2 unspecified atom stereocenters. The first kappa shape index (κ1) is 9.75. The Morgan fingerprint density at radius 2 is 2.29 bits per heavy atom. The van der Waals surface area contributed by atoms with E-state index in [1.54, 1.807) is 0 Å². The fourth-order valence-corrected chi connectivity index (χ4v) is 3.31. The first-order valence-corrected chi connectivity index (χ1v) is 5.44. The van der Waals surface area contributed by atoms with Crippen molar-refractivity contribution in [3.05, 3.63) is 11.6 Å². The first-order valence-electron chi connectivity index (χ1n) is 5.44. The van der Waals surface area contributed by atoms with Gasteiger partial charge in [-0.05, 0) is 36.5 Å². The lowest BCUT2D eigenvalue weighted by Crippen LogP contribution is -2.22. The summed E-state index contributed by atoms with van der Waals surface area (Å²) in [5.74, 6) is 0.776. The summed E-state index contributed by atoms with van der Waals surface area (Å²) in [7, 11) is 0. The summed E-state index contributed by atoms with van der Waals surface area (Å²) in [4.78, 5) is 10.5. The maximum absolute atomic E-state index is 10.5. The molecule has 2 rings (SSSR count). The Bertz CT molecular complexity index is 289. The molecule has 2 nitrogen and oxygen atoms in total. The molecule has 2 heteroatoms. The quantitative estimate of drug-likeness (QED) is 0.686. The third-order valence-electron chi connectivity index (χ3n) is 4.13. The molecule has 0 amide bonds. The largest absolute Gasteiger partial charge is 0.481 e. The number of hydrogen-bond acceptors (Lipinski definition) is 1. The summed E-state index contributed by atoms with van der Waals surface area (Å²) in [5, 5.41) is 8.67. The van der Waals surface area contributed by atoms with Crippen molar-refractivity contribution < 1.29 is 9.90 Å². The highest BCUT2D eigenvalue weighted by atomic mass is 16.4. The molecule has 0 aromatic carbocycles. The standard InChI is InChI=1S/C12H18O2/c1-12(2)9-4-3-8(7-9)10(12)5-6-11(13)14/h5,8-9H,3-4,6-7H2,1-2H3,(H,13,14). The van der Waals surface area contributed by atoms with Crippen LogP contribution in [0.15, 0.2) is 11.6 Å². The van der Waals surface area contributed by atoms with Gasteiger partial charge < -0.3 is 5.11 Å². The van der Waals surface area contributed by atoms with Crippen LogP contribution in [0.1, 0.15) is 39.5 Å². The van der Waals surface area contributed by atoms with E-state index in [2.05, 4.69) is 13.8 Å². The molecule has 14 heavy (non-hydrogen) atoms. The van der Waals surface area contributed by atoms with E-state index < -0.39 is 5.97 Å². The van der Waals surface area contributed by atoms with E-state index in [-0.39, 0.29) is 11.8 Å². The molecule has 0 aromatic heterocycles. The lowest BCUT2D eigenvalue weighted by Gasteiger charge is -2.32. The van der Waals surface area contributed by atoms with Crippen molar-refractivity contribution in [3.63, 3.8) is 0 Å². The van der Waals surface area contributed by atoms with Crippen molar-refractivity contribution in [2.45, 2.75) is 39.5 Å². The van der Waals surface area contributed by atoms with Gasteiger partial charge in [-0.15, -0.1) is 0 Å². The van der Waals surface area contributed by atoms with Crippen molar-refractivity contribution in [2.24, 2.45) is 17.3 Å². The van der Waals surface area contributed by atoms with Crippen LogP contribution in [0.3, 0.4) is 0 Å². The van der Waals surface area contributed by atoms with Crippen molar-refractivity contribution in [1.29, 1.82) is 0 Å². The molecule has 2 atom stereocenters. The molecular formula is C12H18O2. The molecule has 2 aliphatic carbocycles. The van der Waals surface area contributed by atoms with E-state index in [0.717, 1.165) is 5.92 Å². The predicted octanol–water partition coefficient (Wildman–Crippen LogP) is 2.84. The van der Waals surface area contributed by atoms with Crippen LogP contribution >= 0.6 is 0 Å². The van der Waals surface area contributed by atoms with Crippen LogP contribution in [-0.4, -0.2) is 11.1 Å². The van der Waals surface area contributed by atoms with Crippen LogP contribution in [0.4, 0.5) is 0 Å². The SMILES string of the molecule is CC1(C)C(=CCC(=O)O)C2CCC1C2. The van der Waals surface area contributed by atoms with Gasteiger partial charge in [-0.1, -0.05) is 25.5 Å². The number of carbonyl (C=O) groups is 1. The summed E-state index contributed by atoms with van der Waals surface area (Å²) >= 11 is 0. The van der Waals surface area contributed by atoms with Gasteiger partial charge in [0.05, 0.1) is 6.42 Å². The second-order valence-corrected chi connectivity index (χ2v) is 5.19. The van der Waals surface area contributed by atoms with Gasteiger partial charge >= 0.3 is 5.97 Å². The van der Waals surface area contributed by atoms with E-state index in [9.17, 15) is 4.79 Å². The highest BCUT2D eigenvalue weighted by Crippen LogP contribution is 2.58. The molecule has 2 aliphatic rings. The number of fused-ring (bicyclic) bond motifs is 2. The zero-order valence-electron chi connectivity index (χ0n) is 8.92. The van der Waals surface area contributed by atoms with Crippen LogP contribution < -0.4 is 0 Å². The third-order valence-corrected chi connectivity index (χ3v) is 4.13. The Labute approximate surface area is 85.0 Å². The maximum atomic E-state index is 10.5. The summed E-state index contributed by atoms with van der Waals surface area (Å²) in [6.45, 7) is 4.54. The van der Waals surface area contributed by atoms with Gasteiger partial charge in [0.25, 0.3) is 0 Å². The van der Waals surface area contributed by atoms with Crippen LogP contribution in [0, 0.1) is 17.3 Å². The fourth-order valence-electron chi connectivity index (χ4n) is 3.31. The number of aliphatic carboxylic acids is 1. The highest BCUT2D eigenvalue weighted by Gasteiger charge is 2.48. The molecule has 2 fully saturated rings. The molecule has 2 bridgehead atoms. The summed E-state index contributed by atoms with van der Waals surface area (Å²) < 4.78 is 0. The topological polar surface area (TPSA) is 37.3 Å². The molecule has 0 aromatic rings. The highest BCUT2D eigenvalue weighted by molar-refractivity contribution is 5.68. The average Bonchev–Trinajstić information content (AvgIpc) is 2.59. The second-order valence-electron chi connectivity index (χ2n) is 5.19. The van der Waals surface area contributed by atoms with E-state index in [4.69, 9.17) is 5.11 Å². The van der Waals surface area contributed by atoms with Gasteiger partial charge in [-0.3, -0.25) is 4.79 Å². The Balaban J connectivity index is 2.19. The van der Waals surface area contributed by atoms with E-state index in [0.29, 0.717) is 5.92 Å². The molecule has 1 N–H and O–H groups in total. The Morgan fingerprint density at radius 3 is 2.79 bits per heavy atom. The Hall–Kier alpha value is -0.790. The predicted molar refractivity (Wildman–Crippen MR) is 54.9 cm³/mol. The second kappa shape index (κ2) is 3.11. The third kappa shape index (κ3) is 1.37. The molecule has 0 radical (unpaired) electrons. The normalized spacial score (nSPS) is 36.6. The summed E-state index contributed by atoms with van der Waals surface area (Å²) in [6, 6.07) is 0. The Morgan fingerprint density at radius 1 is 1.57 bits per heavy atom. The van der Waals surface area contributed by atoms with Gasteiger partial charge in [0.15, 0.2) is 0 Å². The zero-order chi connectivity index (χ0) is 10.3. The van der Waals surface area contributed by atoms with E-state index in [1.807, 2.05) is 6.08 Å². The van der Waals surface area contributed by atoms with Crippen LogP contribution in [0.5, 0.6) is 0 Å². The minimum Gasteiger partial charge on any atom is -0.481 e. The molecular weight excluding hydrogens is 176 g/mol. The Kier molecular flexibility index (Phi) is 2.17. The summed E-state index contributed by atoms with van der Waals surface area (Å²) in [5.41, 5.74) is 1.68. The molecule has 2 saturated carbocycles. The molecule has 0 heterocycles. The number of carboxylic acid groups (broad SMARTS) is 1. The van der Waals surface area contributed by atoms with Crippen LogP contribution in [-0.2, 0) is 4.79 Å². The minimum absolute atomic E-state index is 0.196. The van der Waals surface area contributed by atoms with Crippen molar-refractivity contribution in [2.75, 3.05) is 0 Å². The smallest absolute Gasteiger partial charge is 0.307 e. The van der Waals surface area contributed by atoms with Crippen molar-refractivity contribution in [3.8, 4) is 0 Å². The lowest BCUT2D eigenvalue weighted by molar-refractivity contribution is -0.136. The summed E-state index contributed by atoms with van der Waals surface area (Å²) in [6.07, 6.45) is 6.06. The number of allylic oxidation sites excluding steroid dienone is 1. The van der Waals surface area contributed by atoms with E-state index in [1.165, 1.54) is 24.8 Å². The lowest BCUT2D eigenvalue weighted by atomic mass is 9.72. The van der Waals surface area contributed by atoms with Crippen LogP contribution in [0.25, 0.3) is 0 Å². The van der Waals surface area contributed by atoms with Gasteiger partial charge in [0, 0.05) is 0 Å². The van der Waals surface area contributed by atoms with Gasteiger partial charge in [-0.2, -0.15) is 0 Å². The molecule has 0 spiro atoms. The molecule has 0 aliphatic heterocycles. The van der Waals surface area contributed by atoms with Crippen molar-refractivity contribution in [1.82, 2.24) is 0 Å². The minimum atomic E-state index is -0.712. The monoisotopic (exact) mass is 194 g/mol. The zero-order valence-corrected chi connectivity index (χ0v) is 8.92. The number of rotatable bonds is 2. The van der Waals surface area contributed by atoms with Gasteiger partial charge in [0.1, 0.15) is 0 Å². The number of carboxylic acids is 1. The van der Waals surface area contributed by atoms with Gasteiger partial charge in [0.2, 0.25) is 0 Å². The fraction of sp³-hybridized carbons (Fsp3) is 0.750. The van der Waals surface area contributed by atoms with Crippen LogP contribution in [0.2, 0.25) is 0 Å². The average molecular weight is 194 g/mol. The van der Waals surface area contributed by atoms with Gasteiger partial charge in [-0.25, -0.2) is 0 Å². The molecule has 0 saturated heterocycles. The number of hydrogen-bond donors (Lipinski definition) is 1. The maximum Gasteiger partial charge on any atom is 0.307 e. The van der Waals surface area contributed by atoms with E-state index >= 15 is 0 Å². The van der Waals surface area contributed by atoms with Crippen molar-refractivity contribution >= 4 is 5.97 Å². The first-order chi connectivity index (χ1) is 6.51.